The van der Waals surface area contributed by atoms with Crippen LogP contribution >= 0.6 is 23.2 Å². The third-order valence-corrected chi connectivity index (χ3v) is 4.15. The van der Waals surface area contributed by atoms with Crippen LogP contribution in [0.15, 0.2) is 12.1 Å². The van der Waals surface area contributed by atoms with Crippen molar-refractivity contribution in [3.05, 3.63) is 22.2 Å². The fourth-order valence-corrected chi connectivity index (χ4v) is 2.81. The highest BCUT2D eigenvalue weighted by Crippen LogP contribution is 2.37. The molecule has 1 aliphatic rings. The largest absolute Gasteiger partial charge is 0.494 e. The average Bonchev–Trinajstić information content (AvgIpc) is 3.15. The maximum absolute atomic E-state index is 11.8. The number of hydrogen-bond donors (Lipinski definition) is 2. The Morgan fingerprint density at radius 3 is 2.41 bits per heavy atom. The van der Waals surface area contributed by atoms with Gasteiger partial charge in [0.05, 0.1) is 17.2 Å². The number of rotatable bonds is 6. The van der Waals surface area contributed by atoms with Crippen molar-refractivity contribution in [1.82, 2.24) is 5.32 Å². The van der Waals surface area contributed by atoms with E-state index in [2.05, 4.69) is 10.6 Å². The molecule has 2 amide bonds. The maximum Gasteiger partial charge on any atom is 0.226 e. The van der Waals surface area contributed by atoms with Gasteiger partial charge in [-0.05, 0) is 24.5 Å². The number of ether oxygens (including phenoxy) is 1. The first-order valence-corrected chi connectivity index (χ1v) is 7.78. The molecule has 120 valence electrons. The van der Waals surface area contributed by atoms with Crippen LogP contribution in [0.25, 0.3) is 0 Å². The molecule has 22 heavy (non-hydrogen) atoms. The third-order valence-electron chi connectivity index (χ3n) is 3.58. The van der Waals surface area contributed by atoms with Crippen LogP contribution < -0.4 is 15.4 Å². The second kappa shape index (κ2) is 7.20. The lowest BCUT2D eigenvalue weighted by atomic mass is 10.2. The van der Waals surface area contributed by atoms with E-state index in [0.717, 1.165) is 6.42 Å². The number of hydrogen-bond acceptors (Lipinski definition) is 3. The molecule has 0 radical (unpaired) electrons. The molecule has 0 saturated heterocycles. The van der Waals surface area contributed by atoms with E-state index in [0.29, 0.717) is 33.9 Å². The summed E-state index contributed by atoms with van der Waals surface area (Å²) in [5.41, 5.74) is 0.489. The summed E-state index contributed by atoms with van der Waals surface area (Å²) in [6.45, 7) is 2.35. The van der Waals surface area contributed by atoms with Gasteiger partial charge in [-0.3, -0.25) is 9.59 Å². The van der Waals surface area contributed by atoms with Gasteiger partial charge in [-0.15, -0.1) is 0 Å². The molecule has 0 heterocycles. The molecule has 2 rings (SSSR count). The molecule has 1 saturated carbocycles. The van der Waals surface area contributed by atoms with E-state index in [4.69, 9.17) is 27.9 Å². The minimum atomic E-state index is -0.221. The Balaban J connectivity index is 1.80. The molecule has 0 bridgehead atoms. The average molecular weight is 345 g/mol. The Hall–Kier alpha value is -1.46. The van der Waals surface area contributed by atoms with Crippen molar-refractivity contribution < 1.29 is 14.3 Å². The minimum absolute atomic E-state index is 0.0239. The smallest absolute Gasteiger partial charge is 0.226 e. The molecule has 7 heteroatoms. The maximum atomic E-state index is 11.8. The predicted octanol–water partition coefficient (Wildman–Crippen LogP) is 3.10. The second-order valence-electron chi connectivity index (χ2n) is 5.38. The molecule has 5 nitrogen and oxygen atoms in total. The summed E-state index contributed by atoms with van der Waals surface area (Å²) in [5, 5.41) is 6.09. The van der Waals surface area contributed by atoms with Gasteiger partial charge in [-0.25, -0.2) is 0 Å². The lowest BCUT2D eigenvalue weighted by Crippen LogP contribution is -2.29. The fourth-order valence-electron chi connectivity index (χ4n) is 2.17. The summed E-state index contributed by atoms with van der Waals surface area (Å²) in [6.07, 6.45) is 1.12. The fraction of sp³-hybridized carbons (Fsp3) is 0.467. The highest BCUT2D eigenvalue weighted by Gasteiger charge is 2.38. The molecular weight excluding hydrogens is 327 g/mol. The number of carbonyl (C=O) groups is 2. The number of amides is 2. The highest BCUT2D eigenvalue weighted by atomic mass is 35.5. The van der Waals surface area contributed by atoms with Crippen LogP contribution in [0.3, 0.4) is 0 Å². The van der Waals surface area contributed by atoms with Gasteiger partial charge >= 0.3 is 0 Å². The van der Waals surface area contributed by atoms with Crippen molar-refractivity contribution in [2.75, 3.05) is 19.0 Å². The molecule has 1 fully saturated rings. The third kappa shape index (κ3) is 4.27. The zero-order chi connectivity index (χ0) is 16.3. The van der Waals surface area contributed by atoms with Gasteiger partial charge < -0.3 is 15.4 Å². The van der Waals surface area contributed by atoms with Gasteiger partial charge in [-0.1, -0.05) is 30.1 Å². The van der Waals surface area contributed by atoms with Gasteiger partial charge in [-0.2, -0.15) is 0 Å². The summed E-state index contributed by atoms with van der Waals surface area (Å²) in [4.78, 5) is 23.5. The Kier molecular flexibility index (Phi) is 5.53. The molecule has 1 aromatic carbocycles. The van der Waals surface area contributed by atoms with Crippen molar-refractivity contribution >= 4 is 40.7 Å². The molecule has 0 spiro atoms. The van der Waals surface area contributed by atoms with E-state index in [1.807, 2.05) is 6.92 Å². The molecule has 2 N–H and O–H groups in total. The SMILES string of the molecule is COc1c(Cl)cc(NC(=O)CCNC(=O)[C@@H]2C[C@H]2C)cc1Cl. The number of benzene rings is 1. The van der Waals surface area contributed by atoms with Gasteiger partial charge in [0.2, 0.25) is 11.8 Å². The Morgan fingerprint density at radius 2 is 1.91 bits per heavy atom. The molecule has 1 aromatic rings. The van der Waals surface area contributed by atoms with Crippen LogP contribution in [-0.4, -0.2) is 25.5 Å². The van der Waals surface area contributed by atoms with Crippen molar-refractivity contribution in [1.29, 1.82) is 0 Å². The van der Waals surface area contributed by atoms with Gasteiger partial charge in [0.15, 0.2) is 5.75 Å². The Bertz CT molecular complexity index is 569. The lowest BCUT2D eigenvalue weighted by molar-refractivity contribution is -0.122. The number of anilines is 1. The van der Waals surface area contributed by atoms with E-state index in [-0.39, 0.29) is 24.2 Å². The van der Waals surface area contributed by atoms with Crippen molar-refractivity contribution in [3.63, 3.8) is 0 Å². The normalized spacial score (nSPS) is 19.5. The molecule has 0 unspecified atom stereocenters. The van der Waals surface area contributed by atoms with Crippen molar-refractivity contribution in [2.24, 2.45) is 11.8 Å². The standard InChI is InChI=1S/C15H18Cl2N2O3/c1-8-5-10(8)15(21)18-4-3-13(20)19-9-6-11(16)14(22-2)12(17)7-9/h6-8,10H,3-5H2,1-2H3,(H,18,21)(H,19,20)/t8-,10-/m1/s1. The summed E-state index contributed by atoms with van der Waals surface area (Å²) in [5.74, 6) is 0.740. The van der Waals surface area contributed by atoms with Crippen LogP contribution in [0.4, 0.5) is 5.69 Å². The summed E-state index contributed by atoms with van der Waals surface area (Å²) in [6, 6.07) is 3.13. The molecule has 1 aliphatic carbocycles. The number of carbonyl (C=O) groups excluding carboxylic acids is 2. The first kappa shape index (κ1) is 16.9. The molecule has 0 aromatic heterocycles. The second-order valence-corrected chi connectivity index (χ2v) is 6.20. The van der Waals surface area contributed by atoms with Gasteiger partial charge in [0.25, 0.3) is 0 Å². The van der Waals surface area contributed by atoms with Gasteiger partial charge in [0, 0.05) is 24.6 Å². The van der Waals surface area contributed by atoms with Gasteiger partial charge in [0.1, 0.15) is 0 Å². The quantitative estimate of drug-likeness (QED) is 0.833. The monoisotopic (exact) mass is 344 g/mol. The summed E-state index contributed by atoms with van der Waals surface area (Å²) in [7, 11) is 1.47. The Labute approximate surface area is 139 Å². The van der Waals surface area contributed by atoms with E-state index in [9.17, 15) is 9.59 Å². The Morgan fingerprint density at radius 1 is 1.32 bits per heavy atom. The number of halogens is 2. The first-order valence-electron chi connectivity index (χ1n) is 7.03. The molecule has 0 aliphatic heterocycles. The molecular formula is C15H18Cl2N2O3. The topological polar surface area (TPSA) is 67.4 Å². The van der Waals surface area contributed by atoms with E-state index in [1.54, 1.807) is 12.1 Å². The zero-order valence-corrected chi connectivity index (χ0v) is 13.9. The van der Waals surface area contributed by atoms with Crippen LogP contribution in [0.5, 0.6) is 5.75 Å². The zero-order valence-electron chi connectivity index (χ0n) is 12.4. The van der Waals surface area contributed by atoms with Crippen LogP contribution in [0.1, 0.15) is 19.8 Å². The van der Waals surface area contributed by atoms with Crippen LogP contribution in [-0.2, 0) is 9.59 Å². The lowest BCUT2D eigenvalue weighted by Gasteiger charge is -2.10. The van der Waals surface area contributed by atoms with Crippen molar-refractivity contribution in [3.8, 4) is 5.75 Å². The van der Waals surface area contributed by atoms with E-state index < -0.39 is 0 Å². The van der Waals surface area contributed by atoms with E-state index in [1.165, 1.54) is 7.11 Å². The number of methoxy groups -OCH3 is 1. The predicted molar refractivity (Wildman–Crippen MR) is 86.5 cm³/mol. The minimum Gasteiger partial charge on any atom is -0.494 e. The van der Waals surface area contributed by atoms with Crippen LogP contribution in [0.2, 0.25) is 10.0 Å². The summed E-state index contributed by atoms with van der Waals surface area (Å²) >= 11 is 12.0. The number of nitrogens with one attached hydrogen (secondary N) is 2. The molecule has 2 atom stereocenters. The first-order chi connectivity index (χ1) is 10.4. The van der Waals surface area contributed by atoms with Crippen molar-refractivity contribution in [2.45, 2.75) is 19.8 Å². The highest BCUT2D eigenvalue weighted by molar-refractivity contribution is 6.37. The van der Waals surface area contributed by atoms with Crippen LogP contribution in [0, 0.1) is 11.8 Å². The van der Waals surface area contributed by atoms with E-state index >= 15 is 0 Å². The summed E-state index contributed by atoms with van der Waals surface area (Å²) < 4.78 is 5.04.